The van der Waals surface area contributed by atoms with Crippen LogP contribution in [0.1, 0.15) is 71.3 Å². The van der Waals surface area contributed by atoms with Crippen molar-refractivity contribution in [3.05, 3.63) is 96.7 Å². The Kier molecular flexibility index (Phi) is 13.6. The molecule has 3 unspecified atom stereocenters. The Morgan fingerprint density at radius 2 is 1.43 bits per heavy atom. The number of allylic oxidation sites excluding steroid dienone is 10. The molecule has 0 aromatic heterocycles. The van der Waals surface area contributed by atoms with Gasteiger partial charge in [0.05, 0.1) is 0 Å². The van der Waals surface area contributed by atoms with Crippen LogP contribution in [0.3, 0.4) is 0 Å². The number of rotatable bonds is 13. The van der Waals surface area contributed by atoms with E-state index in [1.165, 1.54) is 24.8 Å². The number of benzene rings is 1. The Labute approximate surface area is 174 Å². The van der Waals surface area contributed by atoms with Gasteiger partial charge in [-0.1, -0.05) is 125 Å². The minimum Gasteiger partial charge on any atom is -0.0888 e. The van der Waals surface area contributed by atoms with E-state index in [9.17, 15) is 0 Å². The summed E-state index contributed by atoms with van der Waals surface area (Å²) in [4.78, 5) is 0. The molecule has 0 saturated heterocycles. The molecule has 0 bridgehead atoms. The van der Waals surface area contributed by atoms with Crippen molar-refractivity contribution < 1.29 is 0 Å². The molecule has 1 aromatic carbocycles. The standard InChI is InChI=1S/C28H40/c1-5-8-14-21-26(7-3)22-16-12-10-9-11-15-20-25(4)28(19-6-2)27-23-17-13-18-24-27/h8-18,20,22-26,28H,5-7,19,21H2,1-4H3/b11-9+,12-10-,14-8-,20-15+,22-16+. The lowest BCUT2D eigenvalue weighted by atomic mass is 9.83. The molecule has 152 valence electrons. The molecule has 0 N–H and O–H groups in total. The van der Waals surface area contributed by atoms with Crippen molar-refractivity contribution in [1.82, 2.24) is 0 Å². The molecule has 0 spiro atoms. The van der Waals surface area contributed by atoms with E-state index in [0.29, 0.717) is 17.8 Å². The third kappa shape index (κ3) is 10.3. The van der Waals surface area contributed by atoms with Gasteiger partial charge in [0.25, 0.3) is 0 Å². The topological polar surface area (TPSA) is 0 Å². The summed E-state index contributed by atoms with van der Waals surface area (Å²) in [5, 5.41) is 0. The second-order valence-corrected chi connectivity index (χ2v) is 7.49. The molecule has 0 aliphatic carbocycles. The lowest BCUT2D eigenvalue weighted by molar-refractivity contribution is 0.503. The van der Waals surface area contributed by atoms with Crippen LogP contribution < -0.4 is 0 Å². The van der Waals surface area contributed by atoms with Crippen molar-refractivity contribution in [1.29, 1.82) is 0 Å². The smallest absolute Gasteiger partial charge is 0.0102 e. The third-order valence-electron chi connectivity index (χ3n) is 5.18. The molecule has 0 nitrogen and oxygen atoms in total. The van der Waals surface area contributed by atoms with Crippen LogP contribution in [-0.2, 0) is 0 Å². The summed E-state index contributed by atoms with van der Waals surface area (Å²) < 4.78 is 0. The van der Waals surface area contributed by atoms with Crippen LogP contribution >= 0.6 is 0 Å². The SMILES string of the molecule is CC/C=C\CC(/C=C/C=C\C=C\C=C\C(C)C(CCC)c1ccccc1)CC. The van der Waals surface area contributed by atoms with Gasteiger partial charge in [-0.3, -0.25) is 0 Å². The van der Waals surface area contributed by atoms with Gasteiger partial charge in [-0.25, -0.2) is 0 Å². The average molecular weight is 377 g/mol. The zero-order chi connectivity index (χ0) is 20.5. The van der Waals surface area contributed by atoms with Crippen LogP contribution in [0.5, 0.6) is 0 Å². The summed E-state index contributed by atoms with van der Waals surface area (Å²) in [5.74, 6) is 1.78. The molecule has 0 amide bonds. The van der Waals surface area contributed by atoms with E-state index >= 15 is 0 Å². The first kappa shape index (κ1) is 24.0. The minimum absolute atomic E-state index is 0.539. The Morgan fingerprint density at radius 3 is 2.04 bits per heavy atom. The van der Waals surface area contributed by atoms with Gasteiger partial charge in [0.2, 0.25) is 0 Å². The van der Waals surface area contributed by atoms with E-state index in [4.69, 9.17) is 0 Å². The minimum atomic E-state index is 0.539. The van der Waals surface area contributed by atoms with E-state index in [0.717, 1.165) is 12.8 Å². The normalized spacial score (nSPS) is 16.1. The molecule has 0 heteroatoms. The first-order chi connectivity index (χ1) is 13.7. The second kappa shape index (κ2) is 15.9. The molecule has 0 heterocycles. The summed E-state index contributed by atoms with van der Waals surface area (Å²) in [6.07, 6.45) is 28.0. The van der Waals surface area contributed by atoms with E-state index in [2.05, 4.69) is 119 Å². The summed E-state index contributed by atoms with van der Waals surface area (Å²) in [5.41, 5.74) is 1.45. The molecule has 0 saturated carbocycles. The molecule has 1 rings (SSSR count). The molecule has 3 atom stereocenters. The van der Waals surface area contributed by atoms with Gasteiger partial charge in [-0.2, -0.15) is 0 Å². The average Bonchev–Trinajstić information content (AvgIpc) is 2.73. The van der Waals surface area contributed by atoms with Crippen LogP contribution in [0.25, 0.3) is 0 Å². The summed E-state index contributed by atoms with van der Waals surface area (Å²) >= 11 is 0. The van der Waals surface area contributed by atoms with Gasteiger partial charge in [0.1, 0.15) is 0 Å². The lowest BCUT2D eigenvalue weighted by Gasteiger charge is -2.21. The molecule has 0 fully saturated rings. The fraction of sp³-hybridized carbons (Fsp3) is 0.429. The van der Waals surface area contributed by atoms with Gasteiger partial charge < -0.3 is 0 Å². The van der Waals surface area contributed by atoms with Crippen LogP contribution in [0.2, 0.25) is 0 Å². The summed E-state index contributed by atoms with van der Waals surface area (Å²) in [7, 11) is 0. The lowest BCUT2D eigenvalue weighted by Crippen LogP contribution is -2.07. The van der Waals surface area contributed by atoms with Crippen molar-refractivity contribution in [2.24, 2.45) is 11.8 Å². The van der Waals surface area contributed by atoms with E-state index in [1.807, 2.05) is 0 Å². The Morgan fingerprint density at radius 1 is 0.786 bits per heavy atom. The molecule has 0 aliphatic heterocycles. The molecule has 28 heavy (non-hydrogen) atoms. The molecule has 0 aliphatic rings. The van der Waals surface area contributed by atoms with Gasteiger partial charge in [0, 0.05) is 0 Å². The first-order valence-corrected chi connectivity index (χ1v) is 11.1. The third-order valence-corrected chi connectivity index (χ3v) is 5.18. The van der Waals surface area contributed by atoms with Crippen molar-refractivity contribution >= 4 is 0 Å². The highest BCUT2D eigenvalue weighted by Gasteiger charge is 2.15. The van der Waals surface area contributed by atoms with Gasteiger partial charge >= 0.3 is 0 Å². The van der Waals surface area contributed by atoms with E-state index in [1.54, 1.807) is 0 Å². The predicted molar refractivity (Wildman–Crippen MR) is 128 cm³/mol. The van der Waals surface area contributed by atoms with Gasteiger partial charge in [-0.15, -0.1) is 0 Å². The summed E-state index contributed by atoms with van der Waals surface area (Å²) in [6, 6.07) is 10.9. The van der Waals surface area contributed by atoms with Crippen LogP contribution in [0, 0.1) is 11.8 Å². The predicted octanol–water partition coefficient (Wildman–Crippen LogP) is 8.81. The molecule has 1 aromatic rings. The highest BCUT2D eigenvalue weighted by Crippen LogP contribution is 2.30. The number of hydrogen-bond acceptors (Lipinski definition) is 0. The fourth-order valence-electron chi connectivity index (χ4n) is 3.41. The maximum atomic E-state index is 2.33. The Balaban J connectivity index is 2.49. The summed E-state index contributed by atoms with van der Waals surface area (Å²) in [6.45, 7) is 9.04. The fourth-order valence-corrected chi connectivity index (χ4v) is 3.41. The second-order valence-electron chi connectivity index (χ2n) is 7.49. The van der Waals surface area contributed by atoms with Crippen molar-refractivity contribution in [3.63, 3.8) is 0 Å². The van der Waals surface area contributed by atoms with Crippen molar-refractivity contribution in [2.45, 2.75) is 65.7 Å². The highest BCUT2D eigenvalue weighted by molar-refractivity contribution is 5.22. The van der Waals surface area contributed by atoms with E-state index < -0.39 is 0 Å². The van der Waals surface area contributed by atoms with Crippen LogP contribution in [0.4, 0.5) is 0 Å². The molecule has 0 radical (unpaired) electrons. The maximum absolute atomic E-state index is 2.33. The highest BCUT2D eigenvalue weighted by atomic mass is 14.2. The monoisotopic (exact) mass is 376 g/mol. The largest absolute Gasteiger partial charge is 0.0888 e. The Bertz CT molecular complexity index is 627. The maximum Gasteiger partial charge on any atom is -0.0102 e. The molecular formula is C28H40. The van der Waals surface area contributed by atoms with Crippen molar-refractivity contribution in [3.8, 4) is 0 Å². The number of hydrogen-bond donors (Lipinski definition) is 0. The van der Waals surface area contributed by atoms with Crippen LogP contribution in [0.15, 0.2) is 91.1 Å². The first-order valence-electron chi connectivity index (χ1n) is 11.1. The zero-order valence-corrected chi connectivity index (χ0v) is 18.4. The molecular weight excluding hydrogens is 336 g/mol. The Hall–Kier alpha value is -2.08. The van der Waals surface area contributed by atoms with Crippen molar-refractivity contribution in [2.75, 3.05) is 0 Å². The van der Waals surface area contributed by atoms with Gasteiger partial charge in [-0.05, 0) is 49.0 Å². The quantitative estimate of drug-likeness (QED) is 0.238. The van der Waals surface area contributed by atoms with Crippen LogP contribution in [-0.4, -0.2) is 0 Å². The van der Waals surface area contributed by atoms with E-state index in [-0.39, 0.29) is 0 Å². The zero-order valence-electron chi connectivity index (χ0n) is 18.4. The van der Waals surface area contributed by atoms with Gasteiger partial charge in [0.15, 0.2) is 0 Å².